The van der Waals surface area contributed by atoms with Crippen LogP contribution in [0.25, 0.3) is 0 Å². The van der Waals surface area contributed by atoms with Gasteiger partial charge >= 0.3 is 0 Å². The minimum absolute atomic E-state index is 0. The van der Waals surface area contributed by atoms with Gasteiger partial charge in [-0.1, -0.05) is 0 Å². The van der Waals surface area contributed by atoms with Crippen molar-refractivity contribution in [2.75, 3.05) is 37.0 Å². The Morgan fingerprint density at radius 3 is 0.929 bits per heavy atom. The molecule has 0 N–H and O–H groups in total. The van der Waals surface area contributed by atoms with Crippen molar-refractivity contribution >= 4 is 15.8 Å². The molecule has 0 aliphatic heterocycles. The van der Waals surface area contributed by atoms with Crippen LogP contribution in [0.2, 0.25) is 0 Å². The van der Waals surface area contributed by atoms with Gasteiger partial charge in [0.15, 0.2) is 0 Å². The molecule has 0 radical (unpaired) electrons. The van der Waals surface area contributed by atoms with E-state index in [-0.39, 0.29) is 49.8 Å². The van der Waals surface area contributed by atoms with Crippen LogP contribution in [0.3, 0.4) is 0 Å². The molecule has 0 fully saturated rings. The molecule has 0 spiro atoms. The molecule has 0 aromatic heterocycles. The van der Waals surface area contributed by atoms with Crippen molar-refractivity contribution in [1.29, 1.82) is 0 Å². The Kier molecular flexibility index (Phi) is 22.4. The molecule has 0 nitrogen and oxygen atoms in total. The molecule has 0 saturated heterocycles. The molecule has 0 aromatic rings. The molecular weight excluding hydrogens is 342 g/mol. The van der Waals surface area contributed by atoms with Crippen LogP contribution in [0.1, 0.15) is 27.7 Å². The fraction of sp³-hybridized carbons (Fsp3) is 1.00. The quantitative estimate of drug-likeness (QED) is 0.436. The molecule has 0 aliphatic rings. The maximum absolute atomic E-state index is 2.38. The number of hydrogen-bond acceptors (Lipinski definition) is 0. The van der Waals surface area contributed by atoms with Gasteiger partial charge in [0.25, 0.3) is 0 Å². The summed E-state index contributed by atoms with van der Waals surface area (Å²) in [6.45, 7) is 9.51. The van der Waals surface area contributed by atoms with Gasteiger partial charge < -0.3 is 34.0 Å². The average molecular weight is 368 g/mol. The lowest BCUT2D eigenvalue weighted by molar-refractivity contribution is -0.00100. The van der Waals surface area contributed by atoms with Crippen molar-refractivity contribution < 1.29 is 34.0 Å². The van der Waals surface area contributed by atoms with Gasteiger partial charge in [0, 0.05) is 15.8 Å². The smallest absolute Gasteiger partial charge is 0.0904 e. The van der Waals surface area contributed by atoms with Gasteiger partial charge in [-0.2, -0.15) is 0 Å². The molecule has 0 aliphatic carbocycles. The van der Waals surface area contributed by atoms with E-state index in [1.165, 1.54) is 24.6 Å². The summed E-state index contributed by atoms with van der Waals surface area (Å²) in [4.78, 5) is 0. The lowest BCUT2D eigenvalue weighted by Gasteiger charge is -2.07. The van der Waals surface area contributed by atoms with Gasteiger partial charge in [0.1, 0.15) is 0 Å². The van der Waals surface area contributed by atoms with Crippen LogP contribution in [-0.2, 0) is 0 Å². The molecule has 0 bridgehead atoms. The third-order valence-corrected chi connectivity index (χ3v) is 9.25. The lowest BCUT2D eigenvalue weighted by atomic mass is 10.9. The second-order valence-electron chi connectivity index (χ2n) is 3.41. The second kappa shape index (κ2) is 14.8. The SMILES string of the molecule is CC[PH+](CC)CC[PH+](CC)CC.[Br-].[Br-]. The molecule has 90 valence electrons. The summed E-state index contributed by atoms with van der Waals surface area (Å²) in [5, 5.41) is 0. The molecular formula is C10H26Br2P2. The summed E-state index contributed by atoms with van der Waals surface area (Å²) < 4.78 is 0. The minimum Gasteiger partial charge on any atom is -1.00 e. The summed E-state index contributed by atoms with van der Waals surface area (Å²) >= 11 is 0. The van der Waals surface area contributed by atoms with Crippen molar-refractivity contribution in [3.8, 4) is 0 Å². The molecule has 14 heavy (non-hydrogen) atoms. The van der Waals surface area contributed by atoms with E-state index in [0.717, 1.165) is 0 Å². The minimum atomic E-state index is 0. The van der Waals surface area contributed by atoms with E-state index >= 15 is 0 Å². The number of halogens is 2. The first-order chi connectivity index (χ1) is 5.78. The van der Waals surface area contributed by atoms with Gasteiger partial charge in [-0.25, -0.2) is 0 Å². The summed E-state index contributed by atoms with van der Waals surface area (Å²) in [5.41, 5.74) is 0. The predicted octanol–water partition coefficient (Wildman–Crippen LogP) is -2.50. The summed E-state index contributed by atoms with van der Waals surface area (Å²) in [5.74, 6) is 0. The highest BCUT2D eigenvalue weighted by molar-refractivity contribution is 7.61. The fourth-order valence-corrected chi connectivity index (χ4v) is 6.80. The van der Waals surface area contributed by atoms with E-state index in [0.29, 0.717) is 0 Å². The monoisotopic (exact) mass is 366 g/mol. The Balaban J connectivity index is -0.000000605. The molecule has 0 aromatic carbocycles. The first kappa shape index (κ1) is 21.1. The zero-order chi connectivity index (χ0) is 9.40. The summed E-state index contributed by atoms with van der Waals surface area (Å²) in [7, 11) is 0.175. The normalized spacial score (nSPS) is 9.86. The molecule has 4 heteroatoms. The topological polar surface area (TPSA) is 0 Å². The third-order valence-electron chi connectivity index (χ3n) is 2.83. The summed E-state index contributed by atoms with van der Waals surface area (Å²) in [6, 6.07) is 0. The fourth-order valence-electron chi connectivity index (χ4n) is 1.56. The Hall–Kier alpha value is 1.82. The van der Waals surface area contributed by atoms with Gasteiger partial charge in [0.05, 0.1) is 37.0 Å². The van der Waals surface area contributed by atoms with Crippen molar-refractivity contribution in [3.63, 3.8) is 0 Å². The van der Waals surface area contributed by atoms with Crippen LogP contribution in [0, 0.1) is 0 Å². The highest BCUT2D eigenvalue weighted by atomic mass is 79.9. The maximum Gasteiger partial charge on any atom is 0.0904 e. The van der Waals surface area contributed by atoms with Crippen LogP contribution in [0.15, 0.2) is 0 Å². The molecule has 0 unspecified atom stereocenters. The van der Waals surface area contributed by atoms with E-state index < -0.39 is 0 Å². The predicted molar refractivity (Wildman–Crippen MR) is 68.5 cm³/mol. The van der Waals surface area contributed by atoms with Crippen LogP contribution in [-0.4, -0.2) is 37.0 Å². The van der Waals surface area contributed by atoms with E-state index in [2.05, 4.69) is 27.7 Å². The maximum atomic E-state index is 2.38. The van der Waals surface area contributed by atoms with Crippen molar-refractivity contribution in [2.45, 2.75) is 27.7 Å². The van der Waals surface area contributed by atoms with Crippen LogP contribution >= 0.6 is 15.8 Å². The van der Waals surface area contributed by atoms with Gasteiger partial charge in [-0.3, -0.25) is 0 Å². The largest absolute Gasteiger partial charge is 1.00 e. The third kappa shape index (κ3) is 10.3. The Morgan fingerprint density at radius 1 is 0.571 bits per heavy atom. The van der Waals surface area contributed by atoms with Crippen molar-refractivity contribution in [2.24, 2.45) is 0 Å². The van der Waals surface area contributed by atoms with Crippen molar-refractivity contribution in [3.05, 3.63) is 0 Å². The number of rotatable bonds is 7. The van der Waals surface area contributed by atoms with Crippen LogP contribution < -0.4 is 34.0 Å². The van der Waals surface area contributed by atoms with E-state index in [1.807, 2.05) is 0 Å². The number of hydrogen-bond donors (Lipinski definition) is 0. The highest BCUT2D eigenvalue weighted by Gasteiger charge is 2.16. The average Bonchev–Trinajstić information content (AvgIpc) is 2.13. The highest BCUT2D eigenvalue weighted by Crippen LogP contribution is 2.41. The Morgan fingerprint density at radius 2 is 0.786 bits per heavy atom. The molecule has 0 amide bonds. The first-order valence-corrected chi connectivity index (χ1v) is 9.69. The standard InChI is InChI=1S/C10H24P2.2BrH/c1-5-11(6-2)9-10-12(7-3)8-4;;/h5-10H2,1-4H3;2*1H. The van der Waals surface area contributed by atoms with Crippen LogP contribution in [0.5, 0.6) is 0 Å². The lowest BCUT2D eigenvalue weighted by Crippen LogP contribution is -3.00. The molecule has 0 rings (SSSR count). The second-order valence-corrected chi connectivity index (χ2v) is 10.2. The van der Waals surface area contributed by atoms with E-state index in [1.54, 1.807) is 12.3 Å². The Bertz CT molecular complexity index is 82.1. The van der Waals surface area contributed by atoms with Gasteiger partial charge in [-0.05, 0) is 27.7 Å². The molecule has 0 atom stereocenters. The van der Waals surface area contributed by atoms with Gasteiger partial charge in [-0.15, -0.1) is 0 Å². The van der Waals surface area contributed by atoms with Crippen LogP contribution in [0.4, 0.5) is 0 Å². The first-order valence-electron chi connectivity index (χ1n) is 5.45. The molecule has 0 saturated carbocycles. The molecule has 0 heterocycles. The van der Waals surface area contributed by atoms with E-state index in [4.69, 9.17) is 0 Å². The van der Waals surface area contributed by atoms with Gasteiger partial charge in [0.2, 0.25) is 0 Å². The zero-order valence-electron chi connectivity index (χ0n) is 10.00. The van der Waals surface area contributed by atoms with Crippen molar-refractivity contribution in [1.82, 2.24) is 0 Å². The Labute approximate surface area is 114 Å². The van der Waals surface area contributed by atoms with E-state index in [9.17, 15) is 0 Å². The zero-order valence-corrected chi connectivity index (χ0v) is 15.2. The summed E-state index contributed by atoms with van der Waals surface area (Å²) in [6.07, 6.45) is 9.17.